The molecule has 0 spiro atoms. The Bertz CT molecular complexity index is 505. The first kappa shape index (κ1) is 15.2. The van der Waals surface area contributed by atoms with Crippen LogP contribution in [0.1, 0.15) is 25.8 Å². The van der Waals surface area contributed by atoms with Crippen molar-refractivity contribution in [1.82, 2.24) is 4.90 Å². The molecule has 1 aromatic carbocycles. The topological polar surface area (TPSA) is 38.5 Å². The number of thioether (sulfide) groups is 1. The van der Waals surface area contributed by atoms with E-state index in [1.54, 1.807) is 0 Å². The third-order valence-corrected chi connectivity index (χ3v) is 6.54. The lowest BCUT2D eigenvalue weighted by Crippen LogP contribution is -2.65. The molecule has 0 amide bonds. The van der Waals surface area contributed by atoms with Crippen LogP contribution in [0.4, 0.5) is 0 Å². The summed E-state index contributed by atoms with van der Waals surface area (Å²) < 4.78 is 5.94. The Kier molecular flexibility index (Phi) is 4.21. The Hall–Kier alpha value is -0.710. The smallest absolute Gasteiger partial charge is 0.123 e. The summed E-state index contributed by atoms with van der Waals surface area (Å²) in [6.45, 7) is 8.14. The number of hydrogen-bond acceptors (Lipinski definition) is 4. The van der Waals surface area contributed by atoms with E-state index in [4.69, 9.17) is 10.5 Å². The van der Waals surface area contributed by atoms with Crippen LogP contribution in [0.25, 0.3) is 0 Å². The summed E-state index contributed by atoms with van der Waals surface area (Å²) in [5.74, 6) is 3.40. The predicted octanol–water partition coefficient (Wildman–Crippen LogP) is 2.74. The first-order valence-electron chi connectivity index (χ1n) is 7.83. The highest BCUT2D eigenvalue weighted by atomic mass is 32.2. The van der Waals surface area contributed by atoms with Gasteiger partial charge in [-0.1, -0.05) is 32.0 Å². The molecule has 21 heavy (non-hydrogen) atoms. The highest BCUT2D eigenvalue weighted by Gasteiger charge is 2.50. The van der Waals surface area contributed by atoms with Crippen LogP contribution in [0, 0.1) is 5.41 Å². The van der Waals surface area contributed by atoms with Gasteiger partial charge < -0.3 is 10.5 Å². The zero-order valence-electron chi connectivity index (χ0n) is 13.1. The molecule has 2 aliphatic heterocycles. The van der Waals surface area contributed by atoms with Gasteiger partial charge in [0.25, 0.3) is 0 Å². The molecule has 3 nitrogen and oxygen atoms in total. The lowest BCUT2D eigenvalue weighted by Gasteiger charge is -2.55. The largest absolute Gasteiger partial charge is 0.492 e. The van der Waals surface area contributed by atoms with E-state index in [2.05, 4.69) is 36.9 Å². The lowest BCUT2D eigenvalue weighted by molar-refractivity contribution is -0.00701. The summed E-state index contributed by atoms with van der Waals surface area (Å²) in [6, 6.07) is 8.41. The van der Waals surface area contributed by atoms with Gasteiger partial charge in [-0.25, -0.2) is 0 Å². The van der Waals surface area contributed by atoms with Crippen molar-refractivity contribution in [3.8, 4) is 5.75 Å². The van der Waals surface area contributed by atoms with Crippen LogP contribution in [-0.4, -0.2) is 41.6 Å². The van der Waals surface area contributed by atoms with Gasteiger partial charge in [0.05, 0.1) is 0 Å². The molecular weight excluding hydrogens is 280 g/mol. The number of benzene rings is 1. The predicted molar refractivity (Wildman–Crippen MR) is 89.9 cm³/mol. The van der Waals surface area contributed by atoms with Gasteiger partial charge >= 0.3 is 0 Å². The van der Waals surface area contributed by atoms with Crippen LogP contribution in [0.3, 0.4) is 0 Å². The SMILES string of the molecule is CC1(C)CCSCC1(CN)N1CCOc2ccccc2C1. The monoisotopic (exact) mass is 306 g/mol. The zero-order chi connectivity index (χ0) is 14.9. The fraction of sp³-hybridized carbons (Fsp3) is 0.647. The van der Waals surface area contributed by atoms with E-state index in [0.29, 0.717) is 0 Å². The number of hydrogen-bond donors (Lipinski definition) is 1. The molecule has 4 heteroatoms. The van der Waals surface area contributed by atoms with E-state index >= 15 is 0 Å². The van der Waals surface area contributed by atoms with E-state index in [9.17, 15) is 0 Å². The summed E-state index contributed by atoms with van der Waals surface area (Å²) in [7, 11) is 0. The Labute approximate surface area is 132 Å². The maximum atomic E-state index is 6.32. The van der Waals surface area contributed by atoms with Gasteiger partial charge in [-0.05, 0) is 23.7 Å². The summed E-state index contributed by atoms with van der Waals surface area (Å²) in [5, 5.41) is 0. The number of para-hydroxylation sites is 1. The molecule has 2 heterocycles. The van der Waals surface area contributed by atoms with E-state index in [1.807, 2.05) is 17.8 Å². The van der Waals surface area contributed by atoms with Crippen molar-refractivity contribution in [2.24, 2.45) is 11.1 Å². The van der Waals surface area contributed by atoms with Crippen molar-refractivity contribution >= 4 is 11.8 Å². The molecule has 3 rings (SSSR count). The van der Waals surface area contributed by atoms with Gasteiger partial charge in [-0.2, -0.15) is 11.8 Å². The summed E-state index contributed by atoms with van der Waals surface area (Å²) >= 11 is 2.05. The molecule has 1 fully saturated rings. The Morgan fingerprint density at radius 3 is 2.90 bits per heavy atom. The van der Waals surface area contributed by atoms with Crippen LogP contribution < -0.4 is 10.5 Å². The summed E-state index contributed by atoms with van der Waals surface area (Å²) in [4.78, 5) is 2.59. The van der Waals surface area contributed by atoms with E-state index in [1.165, 1.54) is 17.7 Å². The minimum Gasteiger partial charge on any atom is -0.492 e. The first-order valence-corrected chi connectivity index (χ1v) is 8.98. The first-order chi connectivity index (χ1) is 10.1. The molecule has 1 unspecified atom stereocenters. The van der Waals surface area contributed by atoms with Crippen molar-refractivity contribution < 1.29 is 4.74 Å². The Morgan fingerprint density at radius 1 is 1.33 bits per heavy atom. The number of fused-ring (bicyclic) bond motifs is 1. The molecule has 2 N–H and O–H groups in total. The molecule has 0 bridgehead atoms. The van der Waals surface area contributed by atoms with Crippen LogP contribution >= 0.6 is 11.8 Å². The Balaban J connectivity index is 1.94. The Morgan fingerprint density at radius 2 is 2.14 bits per heavy atom. The highest BCUT2D eigenvalue weighted by Crippen LogP contribution is 2.46. The van der Waals surface area contributed by atoms with Crippen molar-refractivity contribution in [3.05, 3.63) is 29.8 Å². The number of nitrogens with two attached hydrogens (primary N) is 1. The number of ether oxygens (including phenoxy) is 1. The van der Waals surface area contributed by atoms with Crippen LogP contribution in [0.2, 0.25) is 0 Å². The maximum Gasteiger partial charge on any atom is 0.123 e. The van der Waals surface area contributed by atoms with Crippen molar-refractivity contribution in [1.29, 1.82) is 0 Å². The zero-order valence-corrected chi connectivity index (χ0v) is 13.9. The molecule has 1 atom stereocenters. The molecule has 1 saturated heterocycles. The van der Waals surface area contributed by atoms with Crippen LogP contribution in [0.5, 0.6) is 5.75 Å². The van der Waals surface area contributed by atoms with Crippen LogP contribution in [-0.2, 0) is 6.54 Å². The highest BCUT2D eigenvalue weighted by molar-refractivity contribution is 7.99. The van der Waals surface area contributed by atoms with E-state index in [0.717, 1.165) is 37.7 Å². The van der Waals surface area contributed by atoms with Crippen molar-refractivity contribution in [2.45, 2.75) is 32.4 Å². The van der Waals surface area contributed by atoms with E-state index < -0.39 is 0 Å². The molecule has 2 aliphatic rings. The van der Waals surface area contributed by atoms with Gasteiger partial charge in [0, 0.05) is 36.5 Å². The fourth-order valence-electron chi connectivity index (χ4n) is 3.67. The second kappa shape index (κ2) is 5.82. The molecule has 0 aliphatic carbocycles. The second-order valence-corrected chi connectivity index (χ2v) is 7.91. The maximum absolute atomic E-state index is 6.32. The molecular formula is C17H26N2OS. The quantitative estimate of drug-likeness (QED) is 0.912. The van der Waals surface area contributed by atoms with Gasteiger partial charge in [-0.3, -0.25) is 4.90 Å². The molecule has 116 valence electrons. The summed E-state index contributed by atoms with van der Waals surface area (Å²) in [6.07, 6.45) is 1.23. The molecule has 0 radical (unpaired) electrons. The molecule has 1 aromatic rings. The van der Waals surface area contributed by atoms with Crippen LogP contribution in [0.15, 0.2) is 24.3 Å². The van der Waals surface area contributed by atoms with Crippen molar-refractivity contribution in [3.63, 3.8) is 0 Å². The third kappa shape index (κ3) is 2.58. The minimum absolute atomic E-state index is 0.0662. The van der Waals surface area contributed by atoms with Gasteiger partial charge in [0.15, 0.2) is 0 Å². The third-order valence-electron chi connectivity index (χ3n) is 5.37. The average Bonchev–Trinajstić information content (AvgIpc) is 2.69. The number of nitrogens with zero attached hydrogens (tertiary/aromatic N) is 1. The van der Waals surface area contributed by atoms with Gasteiger partial charge in [0.2, 0.25) is 0 Å². The average molecular weight is 306 g/mol. The van der Waals surface area contributed by atoms with Gasteiger partial charge in [0.1, 0.15) is 12.4 Å². The van der Waals surface area contributed by atoms with E-state index in [-0.39, 0.29) is 11.0 Å². The lowest BCUT2D eigenvalue weighted by atomic mass is 9.69. The standard InChI is InChI=1S/C17H26N2OS/c1-16(2)7-10-21-13-17(16,12-18)19-8-9-20-15-6-4-3-5-14(15)11-19/h3-6H,7-13,18H2,1-2H3. The minimum atomic E-state index is 0.0662. The number of rotatable bonds is 2. The fourth-order valence-corrected chi connectivity index (χ4v) is 5.50. The molecule has 0 saturated carbocycles. The normalized spacial score (nSPS) is 29.3. The second-order valence-electron chi connectivity index (χ2n) is 6.80. The van der Waals surface area contributed by atoms with Crippen molar-refractivity contribution in [2.75, 3.05) is 31.2 Å². The van der Waals surface area contributed by atoms with Gasteiger partial charge in [-0.15, -0.1) is 0 Å². The summed E-state index contributed by atoms with van der Waals surface area (Å²) in [5.41, 5.74) is 7.91. The molecule has 0 aromatic heterocycles.